The van der Waals surface area contributed by atoms with Gasteiger partial charge in [0, 0.05) is 12.7 Å². The minimum atomic E-state index is -0.285. The number of hydrogen-bond donors (Lipinski definition) is 0. The van der Waals surface area contributed by atoms with E-state index in [1.165, 1.54) is 0 Å². The fraction of sp³-hybridized carbons (Fsp3) is 0.462. The predicted molar refractivity (Wildman–Crippen MR) is 68.3 cm³/mol. The molecule has 0 bridgehead atoms. The molecule has 1 aromatic rings. The Morgan fingerprint density at radius 1 is 1.31 bits per heavy atom. The summed E-state index contributed by atoms with van der Waals surface area (Å²) in [4.78, 5) is 12.0. The van der Waals surface area contributed by atoms with E-state index < -0.39 is 0 Å². The molecule has 0 saturated heterocycles. The summed E-state index contributed by atoms with van der Waals surface area (Å²) in [5.41, 5.74) is 0.737. The Labute approximate surface area is 103 Å². The molecule has 0 aliphatic rings. The van der Waals surface area contributed by atoms with Gasteiger partial charge in [0.1, 0.15) is 6.10 Å². The summed E-state index contributed by atoms with van der Waals surface area (Å²) in [5, 5.41) is 0. The standard InChI is InChI=1S/C13H18O2.ClH/c1-3-4-10-12(15-2)13(14)11-8-6-5-7-9-11;/h5-9,12H,3-4,10H2,1-2H3;1H. The first-order valence-corrected chi connectivity index (χ1v) is 5.41. The number of halogens is 1. The second-order valence-electron chi connectivity index (χ2n) is 3.60. The number of carbonyl (C=O) groups is 1. The first kappa shape index (κ1) is 15.1. The quantitative estimate of drug-likeness (QED) is 0.714. The van der Waals surface area contributed by atoms with Gasteiger partial charge in [0.2, 0.25) is 0 Å². The van der Waals surface area contributed by atoms with E-state index in [9.17, 15) is 4.79 Å². The van der Waals surface area contributed by atoms with Crippen molar-refractivity contribution in [1.29, 1.82) is 0 Å². The Bertz CT molecular complexity index is 298. The molecule has 1 aromatic carbocycles. The topological polar surface area (TPSA) is 26.3 Å². The molecule has 16 heavy (non-hydrogen) atoms. The highest BCUT2D eigenvalue weighted by Gasteiger charge is 2.18. The Kier molecular flexibility index (Phi) is 7.86. The molecule has 0 fully saturated rings. The molecule has 0 heterocycles. The van der Waals surface area contributed by atoms with Crippen molar-refractivity contribution in [1.82, 2.24) is 0 Å². The molecular weight excluding hydrogens is 224 g/mol. The Morgan fingerprint density at radius 3 is 2.44 bits per heavy atom. The highest BCUT2D eigenvalue weighted by molar-refractivity contribution is 5.99. The molecule has 1 unspecified atom stereocenters. The van der Waals surface area contributed by atoms with Gasteiger partial charge in [-0.3, -0.25) is 4.79 Å². The summed E-state index contributed by atoms with van der Waals surface area (Å²) in [6, 6.07) is 9.32. The monoisotopic (exact) mass is 242 g/mol. The van der Waals surface area contributed by atoms with Gasteiger partial charge < -0.3 is 4.74 Å². The molecule has 1 rings (SSSR count). The van der Waals surface area contributed by atoms with Crippen molar-refractivity contribution in [3.63, 3.8) is 0 Å². The normalized spacial score (nSPS) is 11.6. The number of carbonyl (C=O) groups excluding carboxylic acids is 1. The lowest BCUT2D eigenvalue weighted by Gasteiger charge is -2.13. The second-order valence-corrected chi connectivity index (χ2v) is 3.60. The van der Waals surface area contributed by atoms with Crippen LogP contribution in [0.3, 0.4) is 0 Å². The fourth-order valence-electron chi connectivity index (χ4n) is 1.53. The van der Waals surface area contributed by atoms with Gasteiger partial charge in [-0.2, -0.15) is 0 Å². The molecule has 0 N–H and O–H groups in total. The van der Waals surface area contributed by atoms with Crippen LogP contribution in [0.4, 0.5) is 0 Å². The van der Waals surface area contributed by atoms with Crippen LogP contribution in [0, 0.1) is 0 Å². The summed E-state index contributed by atoms with van der Waals surface area (Å²) < 4.78 is 5.22. The van der Waals surface area contributed by atoms with Gasteiger partial charge in [-0.05, 0) is 6.42 Å². The van der Waals surface area contributed by atoms with Crippen molar-refractivity contribution in [2.45, 2.75) is 32.3 Å². The molecule has 3 heteroatoms. The Balaban J connectivity index is 0.00000225. The van der Waals surface area contributed by atoms with E-state index in [0.29, 0.717) is 0 Å². The van der Waals surface area contributed by atoms with Gasteiger partial charge in [0.15, 0.2) is 5.78 Å². The van der Waals surface area contributed by atoms with Crippen LogP contribution in [-0.4, -0.2) is 19.0 Å². The molecule has 2 nitrogen and oxygen atoms in total. The van der Waals surface area contributed by atoms with Crippen LogP contribution in [-0.2, 0) is 4.74 Å². The van der Waals surface area contributed by atoms with Gasteiger partial charge >= 0.3 is 0 Å². The average molecular weight is 243 g/mol. The molecule has 0 amide bonds. The van der Waals surface area contributed by atoms with E-state index in [-0.39, 0.29) is 24.3 Å². The van der Waals surface area contributed by atoms with E-state index in [0.717, 1.165) is 24.8 Å². The van der Waals surface area contributed by atoms with E-state index >= 15 is 0 Å². The van der Waals surface area contributed by atoms with Crippen molar-refractivity contribution in [3.05, 3.63) is 35.9 Å². The summed E-state index contributed by atoms with van der Waals surface area (Å²) in [5.74, 6) is 0.0894. The molecule has 0 saturated carbocycles. The van der Waals surface area contributed by atoms with Crippen LogP contribution >= 0.6 is 12.4 Å². The number of rotatable bonds is 6. The lowest BCUT2D eigenvalue weighted by molar-refractivity contribution is 0.0574. The minimum Gasteiger partial charge on any atom is -0.373 e. The third kappa shape index (κ3) is 4.33. The first-order chi connectivity index (χ1) is 7.29. The number of methoxy groups -OCH3 is 1. The van der Waals surface area contributed by atoms with E-state index in [2.05, 4.69) is 6.92 Å². The molecule has 0 aliphatic heterocycles. The smallest absolute Gasteiger partial charge is 0.191 e. The van der Waals surface area contributed by atoms with Crippen LogP contribution in [0.25, 0.3) is 0 Å². The van der Waals surface area contributed by atoms with Gasteiger partial charge in [-0.15, -0.1) is 12.4 Å². The van der Waals surface area contributed by atoms with Gasteiger partial charge in [-0.25, -0.2) is 0 Å². The third-order valence-electron chi connectivity index (χ3n) is 2.46. The summed E-state index contributed by atoms with van der Waals surface area (Å²) in [7, 11) is 1.60. The number of hydrogen-bond acceptors (Lipinski definition) is 2. The molecular formula is C13H19ClO2. The summed E-state index contributed by atoms with van der Waals surface area (Å²) in [6.45, 7) is 2.11. The lowest BCUT2D eigenvalue weighted by Crippen LogP contribution is -2.22. The van der Waals surface area contributed by atoms with Gasteiger partial charge in [0.05, 0.1) is 0 Å². The van der Waals surface area contributed by atoms with Crippen LogP contribution in [0.5, 0.6) is 0 Å². The largest absolute Gasteiger partial charge is 0.373 e. The Morgan fingerprint density at radius 2 is 1.94 bits per heavy atom. The maximum atomic E-state index is 12.0. The van der Waals surface area contributed by atoms with Crippen LogP contribution in [0.2, 0.25) is 0 Å². The summed E-state index contributed by atoms with van der Waals surface area (Å²) in [6.07, 6.45) is 2.63. The van der Waals surface area contributed by atoms with Crippen LogP contribution in [0.1, 0.15) is 36.5 Å². The van der Waals surface area contributed by atoms with E-state index in [1.807, 2.05) is 30.3 Å². The third-order valence-corrected chi connectivity index (χ3v) is 2.46. The molecule has 0 radical (unpaired) electrons. The van der Waals surface area contributed by atoms with E-state index in [1.54, 1.807) is 7.11 Å². The van der Waals surface area contributed by atoms with Gasteiger partial charge in [0.25, 0.3) is 0 Å². The molecule has 90 valence electrons. The number of ether oxygens (including phenoxy) is 1. The molecule has 1 atom stereocenters. The zero-order valence-corrected chi connectivity index (χ0v) is 10.6. The minimum absolute atomic E-state index is 0. The fourth-order valence-corrected chi connectivity index (χ4v) is 1.53. The lowest BCUT2D eigenvalue weighted by atomic mass is 10.0. The van der Waals surface area contributed by atoms with Crippen molar-refractivity contribution < 1.29 is 9.53 Å². The second kappa shape index (κ2) is 8.31. The molecule has 0 aromatic heterocycles. The molecule has 0 aliphatic carbocycles. The summed E-state index contributed by atoms with van der Waals surface area (Å²) >= 11 is 0. The first-order valence-electron chi connectivity index (χ1n) is 5.41. The average Bonchev–Trinajstić information content (AvgIpc) is 2.31. The zero-order valence-electron chi connectivity index (χ0n) is 9.81. The van der Waals surface area contributed by atoms with Crippen molar-refractivity contribution in [2.24, 2.45) is 0 Å². The molecule has 0 spiro atoms. The van der Waals surface area contributed by atoms with Gasteiger partial charge in [-0.1, -0.05) is 50.1 Å². The number of ketones is 1. The SMILES string of the molecule is CCCCC(OC)C(=O)c1ccccc1.Cl. The maximum Gasteiger partial charge on any atom is 0.191 e. The number of benzene rings is 1. The highest BCUT2D eigenvalue weighted by Crippen LogP contribution is 2.11. The van der Waals surface area contributed by atoms with Crippen LogP contribution in [0.15, 0.2) is 30.3 Å². The maximum absolute atomic E-state index is 12.0. The Hall–Kier alpha value is -0.860. The highest BCUT2D eigenvalue weighted by atomic mass is 35.5. The van der Waals surface area contributed by atoms with Crippen molar-refractivity contribution in [3.8, 4) is 0 Å². The number of unbranched alkanes of at least 4 members (excludes halogenated alkanes) is 1. The zero-order chi connectivity index (χ0) is 11.1. The number of Topliss-reactive ketones (excluding diaryl/α,β-unsaturated/α-hetero) is 1. The van der Waals surface area contributed by atoms with E-state index in [4.69, 9.17) is 4.74 Å². The van der Waals surface area contributed by atoms with Crippen molar-refractivity contribution >= 4 is 18.2 Å². The van der Waals surface area contributed by atoms with Crippen molar-refractivity contribution in [2.75, 3.05) is 7.11 Å². The predicted octanol–water partition coefficient (Wildman–Crippen LogP) is 3.50. The van der Waals surface area contributed by atoms with Crippen LogP contribution < -0.4 is 0 Å².